The van der Waals surface area contributed by atoms with Gasteiger partial charge < -0.3 is 10.4 Å². The Kier molecular flexibility index (Phi) is 4.62. The molecule has 0 atom stereocenters. The van der Waals surface area contributed by atoms with Crippen LogP contribution in [0.25, 0.3) is 0 Å². The third-order valence-corrected chi connectivity index (χ3v) is 3.05. The van der Waals surface area contributed by atoms with E-state index >= 15 is 0 Å². The maximum atomic E-state index is 9.18. The summed E-state index contributed by atoms with van der Waals surface area (Å²) in [7, 11) is 0. The molecule has 2 N–H and O–H groups in total. The molecule has 2 aromatic carbocycles. The van der Waals surface area contributed by atoms with Crippen molar-refractivity contribution in [3.63, 3.8) is 0 Å². The number of benzene rings is 2. The molecule has 0 aliphatic heterocycles. The van der Waals surface area contributed by atoms with Crippen LogP contribution in [0.1, 0.15) is 16.7 Å². The number of phenolic OH excluding ortho intramolecular Hbond substituents is 1. The van der Waals surface area contributed by atoms with Crippen molar-refractivity contribution in [3.8, 4) is 5.75 Å². The molecule has 0 aliphatic carbocycles. The maximum absolute atomic E-state index is 9.18. The first-order valence-corrected chi connectivity index (χ1v) is 6.44. The van der Waals surface area contributed by atoms with Crippen LogP contribution in [-0.4, -0.2) is 5.11 Å². The second kappa shape index (κ2) is 6.43. The van der Waals surface area contributed by atoms with Gasteiger partial charge in [-0.3, -0.25) is 0 Å². The van der Waals surface area contributed by atoms with Crippen LogP contribution in [0.3, 0.4) is 0 Å². The Balaban J connectivity index is 1.86. The summed E-state index contributed by atoms with van der Waals surface area (Å²) in [5.41, 5.74) is 3.52. The highest BCUT2D eigenvalue weighted by molar-refractivity contribution is 6.17. The van der Waals surface area contributed by atoms with Crippen LogP contribution in [0.4, 0.5) is 0 Å². The smallest absolute Gasteiger partial charge is 0.115 e. The molecular weight excluding hydrogens is 246 g/mol. The molecule has 0 saturated heterocycles. The van der Waals surface area contributed by atoms with Crippen LogP contribution < -0.4 is 5.32 Å². The number of nitrogens with one attached hydrogen (secondary N) is 1. The lowest BCUT2D eigenvalue weighted by Gasteiger charge is -2.06. The summed E-state index contributed by atoms with van der Waals surface area (Å²) in [4.78, 5) is 0. The molecule has 0 aromatic heterocycles. The van der Waals surface area contributed by atoms with Crippen LogP contribution in [0.5, 0.6) is 5.75 Å². The molecule has 2 aromatic rings. The van der Waals surface area contributed by atoms with Crippen LogP contribution in [0.2, 0.25) is 0 Å². The number of rotatable bonds is 5. The molecule has 3 heteroatoms. The molecule has 94 valence electrons. The van der Waals surface area contributed by atoms with E-state index in [1.165, 1.54) is 5.56 Å². The highest BCUT2D eigenvalue weighted by atomic mass is 35.5. The van der Waals surface area contributed by atoms with Crippen molar-refractivity contribution in [2.75, 3.05) is 0 Å². The molecule has 2 rings (SSSR count). The van der Waals surface area contributed by atoms with E-state index in [1.54, 1.807) is 12.1 Å². The summed E-state index contributed by atoms with van der Waals surface area (Å²) < 4.78 is 0. The number of alkyl halides is 1. The van der Waals surface area contributed by atoms with Crippen molar-refractivity contribution in [3.05, 3.63) is 65.2 Å². The predicted molar refractivity (Wildman–Crippen MR) is 74.6 cm³/mol. The molecule has 0 aliphatic rings. The van der Waals surface area contributed by atoms with Gasteiger partial charge >= 0.3 is 0 Å². The van der Waals surface area contributed by atoms with E-state index in [2.05, 4.69) is 17.4 Å². The fraction of sp³-hybridized carbons (Fsp3) is 0.200. The topological polar surface area (TPSA) is 32.3 Å². The SMILES string of the molecule is Oc1ccc(CNCc2cccc(CCl)c2)cc1. The van der Waals surface area contributed by atoms with Crippen molar-refractivity contribution in [1.82, 2.24) is 5.32 Å². The second-order valence-electron chi connectivity index (χ2n) is 4.22. The van der Waals surface area contributed by atoms with Gasteiger partial charge in [0.05, 0.1) is 0 Å². The Labute approximate surface area is 112 Å². The van der Waals surface area contributed by atoms with Gasteiger partial charge in [0.2, 0.25) is 0 Å². The Bertz CT molecular complexity index is 496. The molecule has 0 spiro atoms. The molecule has 0 unspecified atom stereocenters. The fourth-order valence-corrected chi connectivity index (χ4v) is 1.95. The van der Waals surface area contributed by atoms with Crippen molar-refractivity contribution in [2.45, 2.75) is 19.0 Å². The number of phenols is 1. The fourth-order valence-electron chi connectivity index (χ4n) is 1.79. The monoisotopic (exact) mass is 261 g/mol. The van der Waals surface area contributed by atoms with E-state index in [9.17, 15) is 5.11 Å². The first-order chi connectivity index (χ1) is 8.78. The maximum Gasteiger partial charge on any atom is 0.115 e. The van der Waals surface area contributed by atoms with Gasteiger partial charge in [0.25, 0.3) is 0 Å². The van der Waals surface area contributed by atoms with Crippen LogP contribution in [-0.2, 0) is 19.0 Å². The normalized spacial score (nSPS) is 10.5. The number of hydrogen-bond donors (Lipinski definition) is 2. The van der Waals surface area contributed by atoms with Gasteiger partial charge in [-0.1, -0.05) is 36.4 Å². The van der Waals surface area contributed by atoms with Crippen LogP contribution in [0, 0.1) is 0 Å². The first-order valence-electron chi connectivity index (χ1n) is 5.90. The lowest BCUT2D eigenvalue weighted by atomic mass is 10.1. The zero-order chi connectivity index (χ0) is 12.8. The minimum atomic E-state index is 0.300. The van der Waals surface area contributed by atoms with Crippen molar-refractivity contribution < 1.29 is 5.11 Å². The molecule has 0 radical (unpaired) electrons. The Hall–Kier alpha value is -1.51. The van der Waals surface area contributed by atoms with Gasteiger partial charge in [0, 0.05) is 19.0 Å². The second-order valence-corrected chi connectivity index (χ2v) is 4.49. The molecule has 2 nitrogen and oxygen atoms in total. The molecule has 0 saturated carbocycles. The third kappa shape index (κ3) is 3.76. The quantitative estimate of drug-likeness (QED) is 0.809. The highest BCUT2D eigenvalue weighted by Gasteiger charge is 1.96. The zero-order valence-corrected chi connectivity index (χ0v) is 10.8. The molecule has 0 amide bonds. The van der Waals surface area contributed by atoms with E-state index in [-0.39, 0.29) is 0 Å². The van der Waals surface area contributed by atoms with E-state index in [4.69, 9.17) is 11.6 Å². The van der Waals surface area contributed by atoms with E-state index in [0.717, 1.165) is 24.2 Å². The summed E-state index contributed by atoms with van der Waals surface area (Å²) >= 11 is 5.80. The molecule has 0 heterocycles. The summed E-state index contributed by atoms with van der Waals surface area (Å²) in [6.07, 6.45) is 0. The predicted octanol–water partition coefficient (Wildman–Crippen LogP) is 3.42. The van der Waals surface area contributed by atoms with E-state index in [1.807, 2.05) is 24.3 Å². The van der Waals surface area contributed by atoms with Gasteiger partial charge in [-0.05, 0) is 28.8 Å². The molecular formula is C15H16ClNO. The average molecular weight is 262 g/mol. The number of hydrogen-bond acceptors (Lipinski definition) is 2. The van der Waals surface area contributed by atoms with Gasteiger partial charge in [-0.15, -0.1) is 11.6 Å². The van der Waals surface area contributed by atoms with Gasteiger partial charge in [-0.25, -0.2) is 0 Å². The standard InChI is InChI=1S/C15H16ClNO/c16-9-13-2-1-3-14(8-13)11-17-10-12-4-6-15(18)7-5-12/h1-8,17-18H,9-11H2. The Morgan fingerprint density at radius 3 is 2.28 bits per heavy atom. The van der Waals surface area contributed by atoms with E-state index < -0.39 is 0 Å². The average Bonchev–Trinajstić information content (AvgIpc) is 2.41. The van der Waals surface area contributed by atoms with Crippen LogP contribution >= 0.6 is 11.6 Å². The largest absolute Gasteiger partial charge is 0.508 e. The summed E-state index contributed by atoms with van der Waals surface area (Å²) in [6, 6.07) is 15.5. The van der Waals surface area contributed by atoms with E-state index in [0.29, 0.717) is 11.6 Å². The molecule has 0 bridgehead atoms. The van der Waals surface area contributed by atoms with Gasteiger partial charge in [0.1, 0.15) is 5.75 Å². The minimum Gasteiger partial charge on any atom is -0.508 e. The summed E-state index contributed by atoms with van der Waals surface area (Å²) in [6.45, 7) is 1.59. The van der Waals surface area contributed by atoms with Crippen molar-refractivity contribution in [1.29, 1.82) is 0 Å². The molecule has 18 heavy (non-hydrogen) atoms. The van der Waals surface area contributed by atoms with Crippen molar-refractivity contribution >= 4 is 11.6 Å². The first kappa shape index (κ1) is 12.9. The molecule has 0 fully saturated rings. The summed E-state index contributed by atoms with van der Waals surface area (Å²) in [5.74, 6) is 0.847. The lowest BCUT2D eigenvalue weighted by Crippen LogP contribution is -2.12. The summed E-state index contributed by atoms with van der Waals surface area (Å²) in [5, 5.41) is 12.5. The Morgan fingerprint density at radius 1 is 0.889 bits per heavy atom. The van der Waals surface area contributed by atoms with Gasteiger partial charge in [-0.2, -0.15) is 0 Å². The third-order valence-electron chi connectivity index (χ3n) is 2.74. The lowest BCUT2D eigenvalue weighted by molar-refractivity contribution is 0.475. The van der Waals surface area contributed by atoms with Crippen LogP contribution in [0.15, 0.2) is 48.5 Å². The van der Waals surface area contributed by atoms with Crippen molar-refractivity contribution in [2.24, 2.45) is 0 Å². The minimum absolute atomic E-state index is 0.300. The zero-order valence-electron chi connectivity index (χ0n) is 10.1. The van der Waals surface area contributed by atoms with Gasteiger partial charge in [0.15, 0.2) is 0 Å². The highest BCUT2D eigenvalue weighted by Crippen LogP contribution is 2.10. The number of halogens is 1. The number of aromatic hydroxyl groups is 1. The Morgan fingerprint density at radius 2 is 1.56 bits per heavy atom.